The molecule has 2 nitrogen and oxygen atoms in total. The molecule has 1 aliphatic carbocycles. The lowest BCUT2D eigenvalue weighted by Gasteiger charge is -2.26. The van der Waals surface area contributed by atoms with Crippen LogP contribution in [0.5, 0.6) is 0 Å². The first-order valence-corrected chi connectivity index (χ1v) is 7.96. The Balaban J connectivity index is 2.08. The Labute approximate surface area is 131 Å². The molecular weight excluding hydrogens is 280 g/mol. The molecule has 1 aliphatic rings. The highest BCUT2D eigenvalue weighted by Gasteiger charge is 2.26. The molecule has 1 heterocycles. The number of hydrogen-bond acceptors (Lipinski definition) is 2. The van der Waals surface area contributed by atoms with E-state index in [9.17, 15) is 0 Å². The smallest absolute Gasteiger partial charge is 0.137 e. The summed E-state index contributed by atoms with van der Waals surface area (Å²) in [6.07, 6.45) is 3.43. The second kappa shape index (κ2) is 5.42. The van der Waals surface area contributed by atoms with Gasteiger partial charge in [0.25, 0.3) is 0 Å². The van der Waals surface area contributed by atoms with Crippen molar-refractivity contribution < 1.29 is 0 Å². The molecule has 1 unspecified atom stereocenters. The van der Waals surface area contributed by atoms with Crippen molar-refractivity contribution in [3.63, 3.8) is 0 Å². The molecule has 0 amide bonds. The molecule has 0 bridgehead atoms. The number of aromatic nitrogens is 2. The van der Waals surface area contributed by atoms with E-state index in [1.54, 1.807) is 0 Å². The van der Waals surface area contributed by atoms with Gasteiger partial charge in [-0.15, -0.1) is 0 Å². The number of hydrogen-bond donors (Lipinski definition) is 0. The molecule has 0 radical (unpaired) electrons. The Morgan fingerprint density at radius 2 is 1.90 bits per heavy atom. The normalized spacial score (nSPS) is 18.4. The molecule has 1 aromatic carbocycles. The van der Waals surface area contributed by atoms with Gasteiger partial charge < -0.3 is 0 Å². The summed E-state index contributed by atoms with van der Waals surface area (Å²) in [5.41, 5.74) is 3.79. The maximum atomic E-state index is 6.25. The number of fused-ring (bicyclic) bond motifs is 1. The summed E-state index contributed by atoms with van der Waals surface area (Å²) < 4.78 is 0. The van der Waals surface area contributed by atoms with Gasteiger partial charge in [-0.1, -0.05) is 56.6 Å². The number of aryl methyl sites for hydroxylation is 1. The third kappa shape index (κ3) is 2.96. The maximum absolute atomic E-state index is 6.25. The van der Waals surface area contributed by atoms with E-state index in [0.717, 1.165) is 24.4 Å². The van der Waals surface area contributed by atoms with Crippen molar-refractivity contribution >= 4 is 11.6 Å². The van der Waals surface area contributed by atoms with Crippen molar-refractivity contribution in [2.45, 2.75) is 51.4 Å². The van der Waals surface area contributed by atoms with Gasteiger partial charge in [-0.3, -0.25) is 0 Å². The fraction of sp³-hybridized carbons (Fsp3) is 0.444. The van der Waals surface area contributed by atoms with Crippen molar-refractivity contribution in [1.29, 1.82) is 0 Å². The average molecular weight is 301 g/mol. The number of benzene rings is 1. The Bertz CT molecular complexity index is 659. The van der Waals surface area contributed by atoms with Crippen molar-refractivity contribution in [1.82, 2.24) is 9.97 Å². The van der Waals surface area contributed by atoms with Gasteiger partial charge in [0.2, 0.25) is 0 Å². The van der Waals surface area contributed by atoms with Crippen LogP contribution < -0.4 is 0 Å². The monoisotopic (exact) mass is 300 g/mol. The molecule has 0 saturated heterocycles. The average Bonchev–Trinajstić information content (AvgIpc) is 2.45. The zero-order valence-electron chi connectivity index (χ0n) is 12.9. The number of rotatable bonds is 1. The van der Waals surface area contributed by atoms with Crippen LogP contribution >= 0.6 is 11.6 Å². The quantitative estimate of drug-likeness (QED) is 0.700. The van der Waals surface area contributed by atoms with Crippen LogP contribution in [0.4, 0.5) is 0 Å². The predicted molar refractivity (Wildman–Crippen MR) is 87.0 cm³/mol. The predicted octanol–water partition coefficient (Wildman–Crippen LogP) is 4.90. The van der Waals surface area contributed by atoms with Crippen LogP contribution in [0.25, 0.3) is 0 Å². The molecular formula is C18H21ClN2. The highest BCUT2D eigenvalue weighted by Crippen LogP contribution is 2.36. The molecule has 0 saturated carbocycles. The van der Waals surface area contributed by atoms with E-state index in [1.807, 2.05) is 6.07 Å². The van der Waals surface area contributed by atoms with Gasteiger partial charge in [0.05, 0.1) is 5.69 Å². The minimum absolute atomic E-state index is 0.0183. The van der Waals surface area contributed by atoms with Crippen molar-refractivity contribution in [2.75, 3.05) is 0 Å². The van der Waals surface area contributed by atoms with Crippen LogP contribution in [0.2, 0.25) is 5.15 Å². The molecule has 110 valence electrons. The van der Waals surface area contributed by atoms with E-state index in [1.165, 1.54) is 17.5 Å². The van der Waals surface area contributed by atoms with E-state index in [4.69, 9.17) is 16.6 Å². The second-order valence-electron chi connectivity index (χ2n) is 6.83. The van der Waals surface area contributed by atoms with Crippen LogP contribution in [0.15, 0.2) is 30.3 Å². The van der Waals surface area contributed by atoms with Crippen LogP contribution in [0, 0.1) is 0 Å². The third-order valence-electron chi connectivity index (χ3n) is 4.16. The first kappa shape index (κ1) is 14.5. The van der Waals surface area contributed by atoms with E-state index >= 15 is 0 Å². The van der Waals surface area contributed by atoms with Gasteiger partial charge >= 0.3 is 0 Å². The van der Waals surface area contributed by atoms with Crippen LogP contribution in [0.3, 0.4) is 0 Å². The summed E-state index contributed by atoms with van der Waals surface area (Å²) in [6.45, 7) is 6.47. The zero-order valence-corrected chi connectivity index (χ0v) is 13.6. The minimum Gasteiger partial charge on any atom is -0.237 e. The first-order valence-electron chi connectivity index (χ1n) is 7.58. The van der Waals surface area contributed by atoms with Gasteiger partial charge in [0.15, 0.2) is 0 Å². The topological polar surface area (TPSA) is 25.8 Å². The molecule has 0 N–H and O–H groups in total. The second-order valence-corrected chi connectivity index (χ2v) is 7.21. The summed E-state index contributed by atoms with van der Waals surface area (Å²) in [5.74, 6) is 1.15. The molecule has 0 aliphatic heterocycles. The van der Waals surface area contributed by atoms with Crippen LogP contribution in [0.1, 0.15) is 62.2 Å². The summed E-state index contributed by atoms with van der Waals surface area (Å²) >= 11 is 6.25. The highest BCUT2D eigenvalue weighted by atomic mass is 35.5. The third-order valence-corrected chi connectivity index (χ3v) is 4.36. The van der Waals surface area contributed by atoms with E-state index in [-0.39, 0.29) is 11.3 Å². The summed E-state index contributed by atoms with van der Waals surface area (Å²) in [7, 11) is 0. The fourth-order valence-corrected chi connectivity index (χ4v) is 3.19. The molecule has 21 heavy (non-hydrogen) atoms. The fourth-order valence-electron chi connectivity index (χ4n) is 3.00. The molecule has 1 aromatic heterocycles. The van der Waals surface area contributed by atoms with E-state index in [2.05, 4.69) is 50.0 Å². The summed E-state index contributed by atoms with van der Waals surface area (Å²) in [4.78, 5) is 9.36. The Morgan fingerprint density at radius 1 is 1.14 bits per heavy atom. The zero-order chi connectivity index (χ0) is 15.0. The first-order chi connectivity index (χ1) is 9.95. The Morgan fingerprint density at radius 3 is 2.67 bits per heavy atom. The molecule has 1 atom stereocenters. The number of halogens is 1. The van der Waals surface area contributed by atoms with Crippen LogP contribution in [-0.4, -0.2) is 9.97 Å². The van der Waals surface area contributed by atoms with Crippen molar-refractivity contribution in [2.24, 2.45) is 0 Å². The van der Waals surface area contributed by atoms with Gasteiger partial charge in [0.1, 0.15) is 11.0 Å². The lowest BCUT2D eigenvalue weighted by atomic mass is 9.82. The standard InChI is InChI=1S/C18H21ClN2/c1-18(2,3)15-11-16(19)21-17(20-15)14-10-6-8-12-7-4-5-9-13(12)14/h4-5,7,9,11,14H,6,8,10H2,1-3H3. The maximum Gasteiger partial charge on any atom is 0.137 e. The Hall–Kier alpha value is -1.41. The number of nitrogens with zero attached hydrogens (tertiary/aromatic N) is 2. The van der Waals surface area contributed by atoms with Crippen molar-refractivity contribution in [3.05, 3.63) is 58.1 Å². The lowest BCUT2D eigenvalue weighted by Crippen LogP contribution is -2.19. The van der Waals surface area contributed by atoms with Crippen molar-refractivity contribution in [3.8, 4) is 0 Å². The van der Waals surface area contributed by atoms with E-state index in [0.29, 0.717) is 5.15 Å². The van der Waals surface area contributed by atoms with Gasteiger partial charge in [-0.2, -0.15) is 0 Å². The van der Waals surface area contributed by atoms with Crippen LogP contribution in [-0.2, 0) is 11.8 Å². The molecule has 0 fully saturated rings. The van der Waals surface area contributed by atoms with Gasteiger partial charge in [-0.05, 0) is 36.5 Å². The Kier molecular flexibility index (Phi) is 3.75. The van der Waals surface area contributed by atoms with Gasteiger partial charge in [-0.25, -0.2) is 9.97 Å². The van der Waals surface area contributed by atoms with Gasteiger partial charge in [0, 0.05) is 11.3 Å². The highest BCUT2D eigenvalue weighted by molar-refractivity contribution is 6.29. The molecule has 3 rings (SSSR count). The molecule has 3 heteroatoms. The summed E-state index contributed by atoms with van der Waals surface area (Å²) in [5, 5.41) is 0.549. The lowest BCUT2D eigenvalue weighted by molar-refractivity contribution is 0.543. The van der Waals surface area contributed by atoms with E-state index < -0.39 is 0 Å². The molecule has 2 aromatic rings. The summed E-state index contributed by atoms with van der Waals surface area (Å²) in [6, 6.07) is 10.5. The SMILES string of the molecule is CC(C)(C)c1cc(Cl)nc(C2CCCc3ccccc32)n1. The molecule has 0 spiro atoms. The minimum atomic E-state index is -0.0183. The largest absolute Gasteiger partial charge is 0.237 e.